The monoisotopic (exact) mass is 311 g/mol. The molecule has 1 aromatic rings. The number of rotatable bonds is 3. The van der Waals surface area contributed by atoms with Crippen LogP contribution in [0, 0.1) is 0 Å². The van der Waals surface area contributed by atoms with Crippen LogP contribution in [0.15, 0.2) is 23.4 Å². The van der Waals surface area contributed by atoms with E-state index in [4.69, 9.17) is 9.39 Å². The van der Waals surface area contributed by atoms with E-state index < -0.39 is 0 Å². The number of halogens is 1. The minimum atomic E-state index is 0.0549. The van der Waals surface area contributed by atoms with Crippen molar-refractivity contribution in [3.8, 4) is 11.5 Å². The predicted octanol–water partition coefficient (Wildman–Crippen LogP) is 2.58. The van der Waals surface area contributed by atoms with Crippen LogP contribution in [0.2, 0.25) is 0 Å². The molecule has 0 saturated carbocycles. The SMILES string of the molecule is O/N=C/c1ccc(O)c(OSI)c1. The molecular formula is C7H6INO3S. The summed E-state index contributed by atoms with van der Waals surface area (Å²) in [6.45, 7) is 0. The Morgan fingerprint density at radius 1 is 1.54 bits per heavy atom. The maximum Gasteiger partial charge on any atom is 0.180 e. The first kappa shape index (κ1) is 10.5. The van der Waals surface area contributed by atoms with Gasteiger partial charge in [-0.15, -0.1) is 0 Å². The molecule has 1 rings (SSSR count). The van der Waals surface area contributed by atoms with E-state index >= 15 is 0 Å². The maximum absolute atomic E-state index is 9.29. The highest BCUT2D eigenvalue weighted by molar-refractivity contribution is 14.2. The normalized spacial score (nSPS) is 10.5. The number of aromatic hydroxyl groups is 1. The molecule has 0 aromatic heterocycles. The number of phenols is 1. The lowest BCUT2D eigenvalue weighted by atomic mass is 10.2. The Morgan fingerprint density at radius 3 is 2.92 bits per heavy atom. The molecule has 13 heavy (non-hydrogen) atoms. The molecular weight excluding hydrogens is 305 g/mol. The maximum atomic E-state index is 9.29. The second-order valence-electron chi connectivity index (χ2n) is 2.12. The minimum absolute atomic E-state index is 0.0549. The van der Waals surface area contributed by atoms with Crippen molar-refractivity contribution in [1.82, 2.24) is 0 Å². The Labute approximate surface area is 91.4 Å². The van der Waals surface area contributed by atoms with Gasteiger partial charge in [0.05, 0.1) is 6.21 Å². The number of phenolic OH excluding ortho intramolecular Hbond substituents is 1. The van der Waals surface area contributed by atoms with E-state index in [-0.39, 0.29) is 5.75 Å². The van der Waals surface area contributed by atoms with Crippen molar-refractivity contribution in [2.45, 2.75) is 0 Å². The highest BCUT2D eigenvalue weighted by Gasteiger charge is 2.02. The molecule has 70 valence electrons. The predicted molar refractivity (Wildman–Crippen MR) is 59.7 cm³/mol. The molecule has 0 aliphatic rings. The lowest BCUT2D eigenvalue weighted by molar-refractivity contribution is 0.322. The van der Waals surface area contributed by atoms with Crippen molar-refractivity contribution in [2.24, 2.45) is 5.16 Å². The van der Waals surface area contributed by atoms with Gasteiger partial charge in [-0.05, 0) is 18.2 Å². The van der Waals surface area contributed by atoms with E-state index in [9.17, 15) is 5.11 Å². The number of hydrogen-bond donors (Lipinski definition) is 2. The number of nitrogens with zero attached hydrogens (tertiary/aromatic N) is 1. The van der Waals surface area contributed by atoms with Crippen molar-refractivity contribution in [1.29, 1.82) is 0 Å². The lowest BCUT2D eigenvalue weighted by Crippen LogP contribution is -1.84. The van der Waals surface area contributed by atoms with Gasteiger partial charge >= 0.3 is 0 Å². The van der Waals surface area contributed by atoms with Crippen LogP contribution in [0.3, 0.4) is 0 Å². The molecule has 0 amide bonds. The van der Waals surface area contributed by atoms with Crippen molar-refractivity contribution in [2.75, 3.05) is 0 Å². The molecule has 2 N–H and O–H groups in total. The average Bonchev–Trinajstić information content (AvgIpc) is 2.12. The molecule has 0 fully saturated rings. The first-order chi connectivity index (χ1) is 6.27. The molecule has 1 aromatic carbocycles. The zero-order valence-corrected chi connectivity index (χ0v) is 9.32. The molecule has 0 heterocycles. The fraction of sp³-hybridized carbons (Fsp3) is 0. The Hall–Kier alpha value is -0.630. The molecule has 0 unspecified atom stereocenters. The quantitative estimate of drug-likeness (QED) is 0.296. The van der Waals surface area contributed by atoms with Gasteiger partial charge in [0.15, 0.2) is 11.5 Å². The third-order valence-corrected chi connectivity index (χ3v) is 2.09. The summed E-state index contributed by atoms with van der Waals surface area (Å²) in [6.07, 6.45) is 1.25. The molecule has 0 aliphatic carbocycles. The summed E-state index contributed by atoms with van der Waals surface area (Å²) >= 11 is 1.94. The summed E-state index contributed by atoms with van der Waals surface area (Å²) in [6, 6.07) is 4.65. The van der Waals surface area contributed by atoms with Gasteiger partial charge in [-0.2, -0.15) is 0 Å². The average molecular weight is 311 g/mol. The van der Waals surface area contributed by atoms with Crippen molar-refractivity contribution < 1.29 is 14.5 Å². The summed E-state index contributed by atoms with van der Waals surface area (Å²) in [5.74, 6) is 0.399. The van der Waals surface area contributed by atoms with Crippen LogP contribution in [0.4, 0.5) is 0 Å². The third-order valence-electron chi connectivity index (χ3n) is 1.31. The number of benzene rings is 1. The van der Waals surface area contributed by atoms with Crippen LogP contribution in [-0.4, -0.2) is 16.5 Å². The standard InChI is InChI=1S/C7H6INO3S/c8-13-12-7-3-5(4-9-11)1-2-6(7)10/h1-4,10-11H/b9-4+. The van der Waals surface area contributed by atoms with Crippen molar-refractivity contribution >= 4 is 36.6 Å². The van der Waals surface area contributed by atoms with Gasteiger partial charge in [0.25, 0.3) is 0 Å². The van der Waals surface area contributed by atoms with Gasteiger partial charge in [0.2, 0.25) is 0 Å². The number of hydrogen-bond acceptors (Lipinski definition) is 5. The van der Waals surface area contributed by atoms with Crippen LogP contribution in [0.25, 0.3) is 0 Å². The van der Waals surface area contributed by atoms with E-state index in [2.05, 4.69) is 5.16 Å². The third kappa shape index (κ3) is 2.96. The number of oxime groups is 1. The summed E-state index contributed by atoms with van der Waals surface area (Å²) in [4.78, 5) is 0. The molecule has 0 aliphatic heterocycles. The van der Waals surface area contributed by atoms with Gasteiger partial charge in [-0.25, -0.2) is 0 Å². The smallest absolute Gasteiger partial charge is 0.180 e. The fourth-order valence-corrected chi connectivity index (χ4v) is 1.56. The highest BCUT2D eigenvalue weighted by Crippen LogP contribution is 2.30. The summed E-state index contributed by atoms with van der Waals surface area (Å²) in [7, 11) is 1.10. The fourth-order valence-electron chi connectivity index (χ4n) is 0.778. The van der Waals surface area contributed by atoms with Gasteiger partial charge in [-0.1, -0.05) is 5.16 Å². The lowest BCUT2D eigenvalue weighted by Gasteiger charge is -2.02. The molecule has 6 heteroatoms. The summed E-state index contributed by atoms with van der Waals surface area (Å²) in [5.41, 5.74) is 0.653. The van der Waals surface area contributed by atoms with Crippen LogP contribution in [0.5, 0.6) is 11.5 Å². The topological polar surface area (TPSA) is 62.1 Å². The Morgan fingerprint density at radius 2 is 2.31 bits per heavy atom. The largest absolute Gasteiger partial charge is 0.504 e. The minimum Gasteiger partial charge on any atom is -0.504 e. The molecule has 0 saturated heterocycles. The van der Waals surface area contributed by atoms with Crippen molar-refractivity contribution in [3.63, 3.8) is 0 Å². The van der Waals surface area contributed by atoms with Crippen LogP contribution < -0.4 is 4.18 Å². The Balaban J connectivity index is 2.96. The van der Waals surface area contributed by atoms with Gasteiger partial charge in [0.1, 0.15) is 9.21 Å². The highest BCUT2D eigenvalue weighted by atomic mass is 127. The van der Waals surface area contributed by atoms with Gasteiger partial charge in [-0.3, -0.25) is 0 Å². The van der Waals surface area contributed by atoms with Crippen LogP contribution >= 0.6 is 30.4 Å². The van der Waals surface area contributed by atoms with E-state index in [0.717, 1.165) is 9.21 Å². The summed E-state index contributed by atoms with van der Waals surface area (Å²) < 4.78 is 5.03. The first-order valence-electron chi connectivity index (χ1n) is 3.23. The first-order valence-corrected chi connectivity index (χ1v) is 6.52. The zero-order valence-electron chi connectivity index (χ0n) is 6.35. The van der Waals surface area contributed by atoms with Crippen molar-refractivity contribution in [3.05, 3.63) is 23.8 Å². The van der Waals surface area contributed by atoms with Gasteiger partial charge in [0, 0.05) is 26.8 Å². The van der Waals surface area contributed by atoms with E-state index in [1.807, 2.05) is 21.2 Å². The molecule has 0 radical (unpaired) electrons. The Kier molecular flexibility index (Phi) is 4.16. The van der Waals surface area contributed by atoms with E-state index in [1.54, 1.807) is 12.1 Å². The van der Waals surface area contributed by atoms with Crippen LogP contribution in [-0.2, 0) is 0 Å². The second-order valence-corrected chi connectivity index (χ2v) is 3.49. The van der Waals surface area contributed by atoms with E-state index in [0.29, 0.717) is 11.3 Å². The summed E-state index contributed by atoms with van der Waals surface area (Å²) in [5, 5.41) is 20.4. The molecule has 4 nitrogen and oxygen atoms in total. The van der Waals surface area contributed by atoms with Gasteiger partial charge < -0.3 is 14.5 Å². The molecule has 0 atom stereocenters. The molecule has 0 spiro atoms. The molecule has 0 bridgehead atoms. The zero-order chi connectivity index (χ0) is 9.68. The van der Waals surface area contributed by atoms with Crippen LogP contribution in [0.1, 0.15) is 5.56 Å². The Bertz CT molecular complexity index is 319. The van der Waals surface area contributed by atoms with E-state index in [1.165, 1.54) is 12.3 Å². The second kappa shape index (κ2) is 5.18.